The number of nitrogens with two attached hydrogens (primary N) is 1. The number of halogens is 1. The first-order valence-electron chi connectivity index (χ1n) is 9.65. The van der Waals surface area contributed by atoms with Crippen molar-refractivity contribution in [2.24, 2.45) is 0 Å². The van der Waals surface area contributed by atoms with E-state index in [1.807, 2.05) is 60.7 Å². The van der Waals surface area contributed by atoms with Gasteiger partial charge in [0.15, 0.2) is 11.6 Å². The Morgan fingerprint density at radius 3 is 2.03 bits per heavy atom. The first kappa shape index (κ1) is 19.7. The van der Waals surface area contributed by atoms with E-state index < -0.39 is 0 Å². The molecule has 3 aromatic carbocycles. The molecule has 0 saturated carbocycles. The van der Waals surface area contributed by atoms with Gasteiger partial charge in [-0.3, -0.25) is 0 Å². The van der Waals surface area contributed by atoms with Gasteiger partial charge in [0.25, 0.3) is 0 Å². The molecule has 6 heteroatoms. The van der Waals surface area contributed by atoms with Gasteiger partial charge in [-0.05, 0) is 29.3 Å². The molecular formula is C24H22ClN5. The van der Waals surface area contributed by atoms with Crippen LogP contribution in [0.25, 0.3) is 0 Å². The molecule has 0 spiro atoms. The quantitative estimate of drug-likeness (QED) is 0.407. The summed E-state index contributed by atoms with van der Waals surface area (Å²) in [7, 11) is 0. The van der Waals surface area contributed by atoms with E-state index >= 15 is 0 Å². The number of nitrogen functional groups attached to an aromatic ring is 1. The van der Waals surface area contributed by atoms with Crippen LogP contribution < -0.4 is 16.0 Å². The van der Waals surface area contributed by atoms with E-state index in [1.165, 1.54) is 17.5 Å². The van der Waals surface area contributed by atoms with Gasteiger partial charge in [-0.2, -0.15) is 0 Å². The number of hydrogen-bond donors (Lipinski definition) is 2. The highest BCUT2D eigenvalue weighted by Gasteiger charge is 2.16. The van der Waals surface area contributed by atoms with Crippen LogP contribution in [-0.2, 0) is 13.1 Å². The van der Waals surface area contributed by atoms with Crippen molar-refractivity contribution >= 4 is 34.6 Å². The lowest BCUT2D eigenvalue weighted by Gasteiger charge is -2.26. The fourth-order valence-electron chi connectivity index (χ4n) is 3.25. The predicted molar refractivity (Wildman–Crippen MR) is 124 cm³/mol. The van der Waals surface area contributed by atoms with Crippen molar-refractivity contribution in [2.45, 2.75) is 13.1 Å². The zero-order valence-electron chi connectivity index (χ0n) is 16.4. The number of nitrogens with one attached hydrogen (secondary N) is 1. The van der Waals surface area contributed by atoms with Gasteiger partial charge >= 0.3 is 0 Å². The van der Waals surface area contributed by atoms with E-state index in [0.717, 1.165) is 5.69 Å². The molecule has 1 heterocycles. The SMILES string of the molecule is Nc1c(Nc2cccc(Cl)c2)ncnc1N(Cc1ccccc1)Cc1ccccc1. The standard InChI is InChI=1S/C24H22ClN5/c25-20-12-7-13-21(14-20)29-23-22(26)24(28-17-27-23)30(15-18-8-3-1-4-9-18)16-19-10-5-2-6-11-19/h1-14,17H,15-16,26H2,(H,27,28,29). The Bertz CT molecular complexity index is 1060. The van der Waals surface area contributed by atoms with Crippen LogP contribution in [0.5, 0.6) is 0 Å². The van der Waals surface area contributed by atoms with Crippen LogP contribution in [-0.4, -0.2) is 9.97 Å². The third kappa shape index (κ3) is 4.88. The fourth-order valence-corrected chi connectivity index (χ4v) is 3.44. The van der Waals surface area contributed by atoms with Crippen molar-refractivity contribution in [3.63, 3.8) is 0 Å². The van der Waals surface area contributed by atoms with Gasteiger partial charge in [0.2, 0.25) is 0 Å². The molecule has 0 aliphatic rings. The molecule has 0 bridgehead atoms. The summed E-state index contributed by atoms with van der Waals surface area (Å²) < 4.78 is 0. The lowest BCUT2D eigenvalue weighted by Crippen LogP contribution is -2.24. The second-order valence-corrected chi connectivity index (χ2v) is 7.36. The average Bonchev–Trinajstić information content (AvgIpc) is 2.76. The summed E-state index contributed by atoms with van der Waals surface area (Å²) in [5.41, 5.74) is 10.2. The topological polar surface area (TPSA) is 67.1 Å². The predicted octanol–water partition coefficient (Wildman–Crippen LogP) is 5.66. The molecule has 150 valence electrons. The molecule has 4 rings (SSSR count). The highest BCUT2D eigenvalue weighted by molar-refractivity contribution is 6.30. The van der Waals surface area contributed by atoms with Crippen molar-refractivity contribution < 1.29 is 0 Å². The third-order valence-electron chi connectivity index (χ3n) is 4.68. The van der Waals surface area contributed by atoms with Crippen LogP contribution >= 0.6 is 11.6 Å². The Kier molecular flexibility index (Phi) is 6.11. The molecule has 30 heavy (non-hydrogen) atoms. The summed E-state index contributed by atoms with van der Waals surface area (Å²) in [6.45, 7) is 1.35. The molecule has 1 aromatic heterocycles. The van der Waals surface area contributed by atoms with Gasteiger partial charge in [-0.15, -0.1) is 0 Å². The van der Waals surface area contributed by atoms with Crippen molar-refractivity contribution in [3.8, 4) is 0 Å². The van der Waals surface area contributed by atoms with Crippen molar-refractivity contribution in [2.75, 3.05) is 16.0 Å². The number of aromatic nitrogens is 2. The highest BCUT2D eigenvalue weighted by Crippen LogP contribution is 2.31. The molecule has 0 unspecified atom stereocenters. The Labute approximate surface area is 181 Å². The first-order chi connectivity index (χ1) is 14.7. The van der Waals surface area contributed by atoms with E-state index in [9.17, 15) is 0 Å². The second kappa shape index (κ2) is 9.29. The van der Waals surface area contributed by atoms with Crippen molar-refractivity contribution in [1.29, 1.82) is 0 Å². The largest absolute Gasteiger partial charge is 0.393 e. The molecule has 0 aliphatic carbocycles. The maximum Gasteiger partial charge on any atom is 0.159 e. The molecule has 5 nitrogen and oxygen atoms in total. The molecule has 3 N–H and O–H groups in total. The van der Waals surface area contributed by atoms with Gasteiger partial charge in [-0.25, -0.2) is 9.97 Å². The van der Waals surface area contributed by atoms with E-state index in [0.29, 0.717) is 35.4 Å². The van der Waals surface area contributed by atoms with Gasteiger partial charge in [0.05, 0.1) is 0 Å². The summed E-state index contributed by atoms with van der Waals surface area (Å²) in [5.74, 6) is 1.23. The van der Waals surface area contributed by atoms with Crippen LogP contribution in [0.3, 0.4) is 0 Å². The fraction of sp³-hybridized carbons (Fsp3) is 0.0833. The summed E-state index contributed by atoms with van der Waals surface area (Å²) in [4.78, 5) is 11.0. The van der Waals surface area contributed by atoms with E-state index in [1.54, 1.807) is 0 Å². The zero-order chi connectivity index (χ0) is 20.8. The van der Waals surface area contributed by atoms with Crippen LogP contribution in [0.2, 0.25) is 5.02 Å². The summed E-state index contributed by atoms with van der Waals surface area (Å²) in [6, 6.07) is 28.0. The lowest BCUT2D eigenvalue weighted by molar-refractivity contribution is 0.782. The van der Waals surface area contributed by atoms with Gasteiger partial charge in [0.1, 0.15) is 12.0 Å². The minimum Gasteiger partial charge on any atom is -0.393 e. The molecular weight excluding hydrogens is 394 g/mol. The van der Waals surface area contributed by atoms with Gasteiger partial charge < -0.3 is 16.0 Å². The lowest BCUT2D eigenvalue weighted by atomic mass is 10.1. The van der Waals surface area contributed by atoms with Crippen LogP contribution in [0, 0.1) is 0 Å². The normalized spacial score (nSPS) is 10.6. The third-order valence-corrected chi connectivity index (χ3v) is 4.92. The first-order valence-corrected chi connectivity index (χ1v) is 10.0. The maximum absolute atomic E-state index is 6.52. The molecule has 4 aromatic rings. The minimum atomic E-state index is 0.490. The van der Waals surface area contributed by atoms with Crippen molar-refractivity contribution in [1.82, 2.24) is 9.97 Å². The average molecular weight is 416 g/mol. The molecule has 0 saturated heterocycles. The monoisotopic (exact) mass is 415 g/mol. The Balaban J connectivity index is 1.67. The number of rotatable bonds is 7. The maximum atomic E-state index is 6.52. The van der Waals surface area contributed by atoms with E-state index in [-0.39, 0.29) is 0 Å². The summed E-state index contributed by atoms with van der Waals surface area (Å²) >= 11 is 6.10. The number of anilines is 4. The molecule has 0 aliphatic heterocycles. The summed E-state index contributed by atoms with van der Waals surface area (Å²) in [5, 5.41) is 3.89. The smallest absolute Gasteiger partial charge is 0.159 e. The van der Waals surface area contributed by atoms with Gasteiger partial charge in [0, 0.05) is 23.8 Å². The van der Waals surface area contributed by atoms with Crippen LogP contribution in [0.1, 0.15) is 11.1 Å². The Morgan fingerprint density at radius 1 is 0.800 bits per heavy atom. The highest BCUT2D eigenvalue weighted by atomic mass is 35.5. The van der Waals surface area contributed by atoms with Gasteiger partial charge in [-0.1, -0.05) is 78.3 Å². The van der Waals surface area contributed by atoms with Crippen LogP contribution in [0.4, 0.5) is 23.0 Å². The number of nitrogens with zero attached hydrogens (tertiary/aromatic N) is 3. The molecule has 0 fully saturated rings. The zero-order valence-corrected chi connectivity index (χ0v) is 17.1. The number of benzene rings is 3. The number of hydrogen-bond acceptors (Lipinski definition) is 5. The van der Waals surface area contributed by atoms with E-state index in [4.69, 9.17) is 17.3 Å². The van der Waals surface area contributed by atoms with Crippen molar-refractivity contribution in [3.05, 3.63) is 107 Å². The molecule has 0 radical (unpaired) electrons. The Hall–Kier alpha value is -3.57. The molecule has 0 amide bonds. The minimum absolute atomic E-state index is 0.490. The Morgan fingerprint density at radius 2 is 1.43 bits per heavy atom. The molecule has 0 atom stereocenters. The van der Waals surface area contributed by atoms with Crippen LogP contribution in [0.15, 0.2) is 91.3 Å². The van der Waals surface area contributed by atoms with E-state index in [2.05, 4.69) is 44.5 Å². The second-order valence-electron chi connectivity index (χ2n) is 6.92. The summed E-state index contributed by atoms with van der Waals surface area (Å²) in [6.07, 6.45) is 1.53.